The van der Waals surface area contributed by atoms with E-state index in [0.29, 0.717) is 0 Å². The van der Waals surface area contributed by atoms with E-state index in [1.807, 2.05) is 11.3 Å². The van der Waals surface area contributed by atoms with E-state index in [0.717, 1.165) is 27.7 Å². The van der Waals surface area contributed by atoms with Crippen LogP contribution in [0.1, 0.15) is 0 Å². The van der Waals surface area contributed by atoms with E-state index in [1.54, 1.807) is 0 Å². The molecule has 0 bridgehead atoms. The van der Waals surface area contributed by atoms with Crippen molar-refractivity contribution in [3.05, 3.63) is 182 Å². The van der Waals surface area contributed by atoms with Gasteiger partial charge in [-0.25, -0.2) is 0 Å². The van der Waals surface area contributed by atoms with Crippen LogP contribution >= 0.6 is 11.3 Å². The Morgan fingerprint density at radius 3 is 1.65 bits per heavy atom. The molecule has 0 aliphatic carbocycles. The molecule has 2 aromatic heterocycles. The van der Waals surface area contributed by atoms with E-state index < -0.39 is 0 Å². The second kappa shape index (κ2) is 11.4. The van der Waals surface area contributed by atoms with E-state index in [4.69, 9.17) is 4.42 Å². The Labute approximate surface area is 314 Å². The predicted octanol–water partition coefficient (Wildman–Crippen LogP) is 15.6. The van der Waals surface area contributed by atoms with Crippen LogP contribution in [0.4, 0.5) is 0 Å². The number of benzene rings is 10. The van der Waals surface area contributed by atoms with Crippen LogP contribution < -0.4 is 0 Å². The molecule has 12 rings (SSSR count). The SMILES string of the molecule is c1ccc2c(-c3c4ccccc4c(-c4ccc(-c5ccc6c(c5)oc5c7ccccc7c7sc8ccccc8c7c65)cc4)c4ccccc34)cccc2c1. The van der Waals surface area contributed by atoms with Crippen molar-refractivity contribution in [3.8, 4) is 33.4 Å². The van der Waals surface area contributed by atoms with E-state index in [2.05, 4.69) is 182 Å². The number of furan rings is 1. The van der Waals surface area contributed by atoms with E-state index in [-0.39, 0.29) is 0 Å². The van der Waals surface area contributed by atoms with Crippen molar-refractivity contribution in [1.29, 1.82) is 0 Å². The lowest BCUT2D eigenvalue weighted by Crippen LogP contribution is -1.91. The third-order valence-electron chi connectivity index (χ3n) is 11.4. The van der Waals surface area contributed by atoms with Crippen molar-refractivity contribution in [2.45, 2.75) is 0 Å². The summed E-state index contributed by atoms with van der Waals surface area (Å²) in [6.07, 6.45) is 0. The smallest absolute Gasteiger partial charge is 0.143 e. The van der Waals surface area contributed by atoms with Gasteiger partial charge in [-0.1, -0.05) is 164 Å². The molecule has 0 amide bonds. The van der Waals surface area contributed by atoms with E-state index in [1.165, 1.54) is 90.9 Å². The monoisotopic (exact) mass is 702 g/mol. The topological polar surface area (TPSA) is 13.1 Å². The van der Waals surface area contributed by atoms with E-state index in [9.17, 15) is 0 Å². The van der Waals surface area contributed by atoms with Crippen LogP contribution in [-0.4, -0.2) is 0 Å². The summed E-state index contributed by atoms with van der Waals surface area (Å²) in [6, 6.07) is 66.5. The van der Waals surface area contributed by atoms with Gasteiger partial charge in [-0.15, -0.1) is 11.3 Å². The molecule has 0 spiro atoms. The number of rotatable bonds is 3. The molecule has 1 nitrogen and oxygen atoms in total. The Hall–Kier alpha value is -6.74. The van der Waals surface area contributed by atoms with Crippen molar-refractivity contribution in [3.63, 3.8) is 0 Å². The molecular formula is C52H30OS. The maximum absolute atomic E-state index is 6.82. The molecule has 0 atom stereocenters. The Balaban J connectivity index is 1.03. The molecule has 2 heterocycles. The fraction of sp³-hybridized carbons (Fsp3) is 0. The van der Waals surface area contributed by atoms with Gasteiger partial charge < -0.3 is 4.42 Å². The standard InChI is InChI=1S/C52H30OS/c1-2-14-35-32(12-1)13-11-22-36(35)48-39-17-5-3-15-37(39)47(38-16-4-6-18-40(38)48)33-26-24-31(25-27-33)34-28-29-43-45(30-34)53-51-41-19-7-8-20-42(41)52-50(49(43)51)44-21-9-10-23-46(44)54-52/h1-30H. The number of fused-ring (bicyclic) bond motifs is 13. The molecule has 0 fully saturated rings. The molecule has 250 valence electrons. The quantitative estimate of drug-likeness (QED) is 0.167. The summed E-state index contributed by atoms with van der Waals surface area (Å²) in [7, 11) is 0. The minimum absolute atomic E-state index is 0.917. The van der Waals surface area contributed by atoms with Gasteiger partial charge >= 0.3 is 0 Å². The predicted molar refractivity (Wildman–Crippen MR) is 233 cm³/mol. The molecule has 0 saturated heterocycles. The maximum atomic E-state index is 6.82. The summed E-state index contributed by atoms with van der Waals surface area (Å²) in [6.45, 7) is 0. The van der Waals surface area contributed by atoms with Gasteiger partial charge in [-0.05, 0) is 83.9 Å². The average molecular weight is 703 g/mol. The molecule has 0 aliphatic heterocycles. The van der Waals surface area contributed by atoms with Crippen LogP contribution in [0.15, 0.2) is 186 Å². The van der Waals surface area contributed by atoms with Crippen molar-refractivity contribution in [2.24, 2.45) is 0 Å². The molecule has 0 unspecified atom stereocenters. The van der Waals surface area contributed by atoms with Crippen molar-refractivity contribution in [2.75, 3.05) is 0 Å². The Morgan fingerprint density at radius 2 is 0.907 bits per heavy atom. The highest BCUT2D eigenvalue weighted by molar-refractivity contribution is 7.27. The fourth-order valence-electron chi connectivity index (χ4n) is 9.08. The fourth-order valence-corrected chi connectivity index (χ4v) is 10.3. The third kappa shape index (κ3) is 4.20. The summed E-state index contributed by atoms with van der Waals surface area (Å²) in [5, 5.41) is 15.0. The highest BCUT2D eigenvalue weighted by atomic mass is 32.1. The highest BCUT2D eigenvalue weighted by Crippen LogP contribution is 2.48. The Kier molecular flexibility index (Phi) is 6.28. The van der Waals surface area contributed by atoms with Crippen molar-refractivity contribution in [1.82, 2.24) is 0 Å². The van der Waals surface area contributed by atoms with Crippen molar-refractivity contribution < 1.29 is 4.42 Å². The van der Waals surface area contributed by atoms with Crippen LogP contribution in [0.5, 0.6) is 0 Å². The molecule has 0 radical (unpaired) electrons. The van der Waals surface area contributed by atoms with Gasteiger partial charge in [0.15, 0.2) is 0 Å². The van der Waals surface area contributed by atoms with Crippen molar-refractivity contribution >= 4 is 96.5 Å². The highest BCUT2D eigenvalue weighted by Gasteiger charge is 2.21. The summed E-state index contributed by atoms with van der Waals surface area (Å²) < 4.78 is 9.45. The number of thiophene rings is 1. The third-order valence-corrected chi connectivity index (χ3v) is 12.7. The first-order valence-electron chi connectivity index (χ1n) is 18.5. The van der Waals surface area contributed by atoms with Gasteiger partial charge in [-0.3, -0.25) is 0 Å². The van der Waals surface area contributed by atoms with Gasteiger partial charge in [0.1, 0.15) is 11.2 Å². The largest absolute Gasteiger partial charge is 0.455 e. The summed E-state index contributed by atoms with van der Waals surface area (Å²) in [4.78, 5) is 0. The summed E-state index contributed by atoms with van der Waals surface area (Å²) in [5.74, 6) is 0. The molecular weight excluding hydrogens is 673 g/mol. The minimum Gasteiger partial charge on any atom is -0.455 e. The first-order valence-corrected chi connectivity index (χ1v) is 19.3. The van der Waals surface area contributed by atoms with Crippen LogP contribution in [0.2, 0.25) is 0 Å². The Bertz CT molecular complexity index is 3430. The molecule has 0 aliphatic rings. The maximum Gasteiger partial charge on any atom is 0.143 e. The van der Waals surface area contributed by atoms with Crippen LogP contribution in [0.25, 0.3) is 119 Å². The van der Waals surface area contributed by atoms with Gasteiger partial charge in [-0.2, -0.15) is 0 Å². The zero-order valence-corrected chi connectivity index (χ0v) is 30.0. The lowest BCUT2D eigenvalue weighted by Gasteiger charge is -2.19. The van der Waals surface area contributed by atoms with Gasteiger partial charge in [0, 0.05) is 41.7 Å². The molecule has 10 aromatic carbocycles. The second-order valence-corrected chi connectivity index (χ2v) is 15.4. The lowest BCUT2D eigenvalue weighted by molar-refractivity contribution is 0.673. The van der Waals surface area contributed by atoms with Gasteiger partial charge in [0.2, 0.25) is 0 Å². The summed E-state index contributed by atoms with van der Waals surface area (Å²) >= 11 is 1.88. The zero-order chi connectivity index (χ0) is 35.3. The molecule has 0 saturated carbocycles. The van der Waals surface area contributed by atoms with Gasteiger partial charge in [0.25, 0.3) is 0 Å². The van der Waals surface area contributed by atoms with Crippen LogP contribution in [0.3, 0.4) is 0 Å². The minimum atomic E-state index is 0.917. The first kappa shape index (κ1) is 29.8. The average Bonchev–Trinajstić information content (AvgIpc) is 3.82. The number of hydrogen-bond acceptors (Lipinski definition) is 2. The lowest BCUT2D eigenvalue weighted by atomic mass is 9.84. The molecule has 54 heavy (non-hydrogen) atoms. The van der Waals surface area contributed by atoms with E-state index >= 15 is 0 Å². The summed E-state index contributed by atoms with van der Waals surface area (Å²) in [5.41, 5.74) is 9.22. The normalized spacial score (nSPS) is 12.1. The first-order chi connectivity index (χ1) is 26.8. The molecule has 0 N–H and O–H groups in total. The molecule has 2 heteroatoms. The number of hydrogen-bond donors (Lipinski definition) is 0. The van der Waals surface area contributed by atoms with Crippen LogP contribution in [0, 0.1) is 0 Å². The zero-order valence-electron chi connectivity index (χ0n) is 29.1. The Morgan fingerprint density at radius 1 is 0.352 bits per heavy atom. The van der Waals surface area contributed by atoms with Gasteiger partial charge in [0.05, 0.1) is 0 Å². The molecule has 12 aromatic rings. The van der Waals surface area contributed by atoms with Crippen LogP contribution in [-0.2, 0) is 0 Å². The second-order valence-electron chi connectivity index (χ2n) is 14.3.